The predicted octanol–water partition coefficient (Wildman–Crippen LogP) is 1.55. The molecule has 0 spiro atoms. The van der Waals surface area contributed by atoms with Gasteiger partial charge >= 0.3 is 0 Å². The fourth-order valence-electron chi connectivity index (χ4n) is 3.41. The first-order chi connectivity index (χ1) is 5.41. The number of rotatable bonds is 0. The number of hydrogen-bond acceptors (Lipinski definition) is 2. The molecule has 0 aromatic carbocycles. The molecule has 3 unspecified atom stereocenters. The van der Waals surface area contributed by atoms with Crippen molar-refractivity contribution in [3.8, 4) is 0 Å². The van der Waals surface area contributed by atoms with Crippen LogP contribution in [0.4, 0.5) is 0 Å². The van der Waals surface area contributed by atoms with Gasteiger partial charge in [0.25, 0.3) is 0 Å². The van der Waals surface area contributed by atoms with Gasteiger partial charge in [-0.2, -0.15) is 0 Å². The smallest absolute Gasteiger partial charge is 0.0752 e. The molecule has 0 aromatic heterocycles. The summed E-state index contributed by atoms with van der Waals surface area (Å²) in [5.74, 6) is 0.525. The molecular formula is C10H20ClNO. The van der Waals surface area contributed by atoms with Crippen LogP contribution >= 0.6 is 12.4 Å². The maximum Gasteiger partial charge on any atom is 0.0752 e. The zero-order valence-corrected chi connectivity index (χ0v) is 9.40. The van der Waals surface area contributed by atoms with Gasteiger partial charge in [0.15, 0.2) is 0 Å². The van der Waals surface area contributed by atoms with Crippen molar-refractivity contribution in [2.24, 2.45) is 22.5 Å². The lowest BCUT2D eigenvalue weighted by molar-refractivity contribution is 0.00582. The van der Waals surface area contributed by atoms with E-state index in [1.54, 1.807) is 0 Å². The topological polar surface area (TPSA) is 46.2 Å². The second-order valence-electron chi connectivity index (χ2n) is 5.31. The van der Waals surface area contributed by atoms with Crippen molar-refractivity contribution in [2.45, 2.75) is 45.8 Å². The van der Waals surface area contributed by atoms with E-state index in [-0.39, 0.29) is 35.4 Å². The molecule has 0 saturated heterocycles. The highest BCUT2D eigenvalue weighted by molar-refractivity contribution is 5.85. The zero-order valence-electron chi connectivity index (χ0n) is 8.58. The Bertz CT molecular complexity index is 219. The van der Waals surface area contributed by atoms with Gasteiger partial charge in [0, 0.05) is 11.5 Å². The van der Waals surface area contributed by atoms with Gasteiger partial charge in [0.2, 0.25) is 0 Å². The summed E-state index contributed by atoms with van der Waals surface area (Å²) in [4.78, 5) is 0. The van der Waals surface area contributed by atoms with E-state index in [0.717, 1.165) is 6.42 Å². The Morgan fingerprint density at radius 2 is 1.85 bits per heavy atom. The maximum atomic E-state index is 9.96. The minimum Gasteiger partial charge on any atom is -0.391 e. The third kappa shape index (κ3) is 1.03. The number of aliphatic hydroxyl groups is 1. The largest absolute Gasteiger partial charge is 0.391 e. The number of hydrogen-bond donors (Lipinski definition) is 2. The summed E-state index contributed by atoms with van der Waals surface area (Å²) >= 11 is 0. The standard InChI is InChI=1S/C10H19NO.ClH/c1-9(2)6-4-5-10(9,3)8(12)7(6)11;/h6-8,12H,4-5,11H2,1-3H3;1H/t6?,7?,8?,10-;/m0./s1. The number of fused-ring (bicyclic) bond motifs is 2. The van der Waals surface area contributed by atoms with E-state index in [1.165, 1.54) is 6.42 Å². The molecule has 13 heavy (non-hydrogen) atoms. The van der Waals surface area contributed by atoms with Crippen LogP contribution in [0.2, 0.25) is 0 Å². The van der Waals surface area contributed by atoms with Crippen LogP contribution in [0.1, 0.15) is 33.6 Å². The second-order valence-corrected chi connectivity index (χ2v) is 5.31. The van der Waals surface area contributed by atoms with E-state index in [1.807, 2.05) is 0 Å². The summed E-state index contributed by atoms with van der Waals surface area (Å²) in [7, 11) is 0. The Morgan fingerprint density at radius 1 is 1.31 bits per heavy atom. The lowest BCUT2D eigenvalue weighted by atomic mass is 9.70. The van der Waals surface area contributed by atoms with E-state index < -0.39 is 0 Å². The van der Waals surface area contributed by atoms with Crippen LogP contribution in [0.15, 0.2) is 0 Å². The number of halogens is 1. The Labute approximate surface area is 86.3 Å². The highest BCUT2D eigenvalue weighted by Gasteiger charge is 2.64. The summed E-state index contributed by atoms with van der Waals surface area (Å²) < 4.78 is 0. The average molecular weight is 206 g/mol. The van der Waals surface area contributed by atoms with E-state index in [0.29, 0.717) is 5.92 Å². The van der Waals surface area contributed by atoms with Crippen LogP contribution in [-0.2, 0) is 0 Å². The van der Waals surface area contributed by atoms with Gasteiger partial charge < -0.3 is 10.8 Å². The van der Waals surface area contributed by atoms with Crippen molar-refractivity contribution in [2.75, 3.05) is 0 Å². The molecule has 3 N–H and O–H groups in total. The summed E-state index contributed by atoms with van der Waals surface area (Å²) in [6, 6.07) is 0.0127. The number of nitrogens with two attached hydrogens (primary N) is 1. The van der Waals surface area contributed by atoms with Crippen molar-refractivity contribution in [1.82, 2.24) is 0 Å². The molecule has 4 atom stereocenters. The van der Waals surface area contributed by atoms with Crippen LogP contribution < -0.4 is 5.73 Å². The highest BCUT2D eigenvalue weighted by atomic mass is 35.5. The van der Waals surface area contributed by atoms with Crippen LogP contribution in [0.3, 0.4) is 0 Å². The van der Waals surface area contributed by atoms with Crippen LogP contribution in [0.25, 0.3) is 0 Å². The van der Waals surface area contributed by atoms with Gasteiger partial charge in [-0.3, -0.25) is 0 Å². The van der Waals surface area contributed by atoms with Crippen molar-refractivity contribution >= 4 is 12.4 Å². The first-order valence-corrected chi connectivity index (χ1v) is 4.85. The van der Waals surface area contributed by atoms with Crippen molar-refractivity contribution in [3.63, 3.8) is 0 Å². The first-order valence-electron chi connectivity index (χ1n) is 4.85. The quantitative estimate of drug-likeness (QED) is 0.631. The summed E-state index contributed by atoms with van der Waals surface area (Å²) in [5.41, 5.74) is 6.27. The molecule has 2 fully saturated rings. The van der Waals surface area contributed by atoms with Gasteiger partial charge in [0.05, 0.1) is 6.10 Å². The van der Waals surface area contributed by atoms with Gasteiger partial charge in [-0.05, 0) is 24.2 Å². The Kier molecular flexibility index (Phi) is 2.47. The van der Waals surface area contributed by atoms with E-state index in [4.69, 9.17) is 5.73 Å². The molecule has 2 aliphatic rings. The molecule has 3 heteroatoms. The SMILES string of the molecule is CC1(C)C2CC[C@@]1(C)C(O)C2N.Cl. The molecule has 2 nitrogen and oxygen atoms in total. The van der Waals surface area contributed by atoms with Gasteiger partial charge in [-0.15, -0.1) is 12.4 Å². The Balaban J connectivity index is 0.000000845. The van der Waals surface area contributed by atoms with E-state index in [9.17, 15) is 5.11 Å². The lowest BCUT2D eigenvalue weighted by Gasteiger charge is -2.36. The van der Waals surface area contributed by atoms with Gasteiger partial charge in [0.1, 0.15) is 0 Å². The summed E-state index contributed by atoms with van der Waals surface area (Å²) in [6.45, 7) is 6.69. The molecule has 2 aliphatic carbocycles. The van der Waals surface area contributed by atoms with Crippen molar-refractivity contribution < 1.29 is 5.11 Å². The molecule has 0 radical (unpaired) electrons. The highest BCUT2D eigenvalue weighted by Crippen LogP contribution is 2.64. The van der Waals surface area contributed by atoms with E-state index in [2.05, 4.69) is 20.8 Å². The number of aliphatic hydroxyl groups excluding tert-OH is 1. The molecule has 2 saturated carbocycles. The minimum atomic E-state index is -0.286. The second kappa shape index (κ2) is 2.85. The fourth-order valence-corrected chi connectivity index (χ4v) is 3.41. The monoisotopic (exact) mass is 205 g/mol. The normalized spacial score (nSPS) is 51.9. The predicted molar refractivity (Wildman–Crippen MR) is 55.8 cm³/mol. The molecule has 0 heterocycles. The van der Waals surface area contributed by atoms with Gasteiger partial charge in [-0.1, -0.05) is 20.8 Å². The van der Waals surface area contributed by atoms with E-state index >= 15 is 0 Å². The lowest BCUT2D eigenvalue weighted by Crippen LogP contribution is -2.43. The first kappa shape index (κ1) is 11.3. The zero-order chi connectivity index (χ0) is 9.15. The molecule has 0 amide bonds. The van der Waals surface area contributed by atoms with Crippen LogP contribution in [-0.4, -0.2) is 17.3 Å². The molecule has 78 valence electrons. The summed E-state index contributed by atoms with van der Waals surface area (Å²) in [6.07, 6.45) is 2.05. The third-order valence-corrected chi connectivity index (χ3v) is 4.86. The molecular weight excluding hydrogens is 186 g/mol. The molecule has 0 aliphatic heterocycles. The Morgan fingerprint density at radius 3 is 2.08 bits per heavy atom. The van der Waals surface area contributed by atoms with Crippen molar-refractivity contribution in [1.29, 1.82) is 0 Å². The average Bonchev–Trinajstić information content (AvgIpc) is 2.26. The molecule has 0 aromatic rings. The summed E-state index contributed by atoms with van der Waals surface area (Å²) in [5, 5.41) is 9.96. The van der Waals surface area contributed by atoms with Crippen LogP contribution in [0, 0.1) is 16.7 Å². The molecule has 2 rings (SSSR count). The minimum absolute atomic E-state index is 0. The van der Waals surface area contributed by atoms with Crippen LogP contribution in [0.5, 0.6) is 0 Å². The maximum absolute atomic E-state index is 9.96. The molecule has 2 bridgehead atoms. The van der Waals surface area contributed by atoms with Crippen molar-refractivity contribution in [3.05, 3.63) is 0 Å². The Hall–Kier alpha value is 0.210. The third-order valence-electron chi connectivity index (χ3n) is 4.86. The van der Waals surface area contributed by atoms with Gasteiger partial charge in [-0.25, -0.2) is 0 Å². The fraction of sp³-hybridized carbons (Fsp3) is 1.00.